The first-order valence-electron chi connectivity index (χ1n) is 5.24. The number of nitrogens with one attached hydrogen (secondary N) is 1. The van der Waals surface area contributed by atoms with Crippen LogP contribution in [0.4, 0.5) is 0 Å². The van der Waals surface area contributed by atoms with Crippen LogP contribution in [0, 0.1) is 5.92 Å². The predicted molar refractivity (Wildman–Crippen MR) is 56.1 cm³/mol. The van der Waals surface area contributed by atoms with E-state index in [0.717, 1.165) is 6.42 Å². The van der Waals surface area contributed by atoms with Crippen LogP contribution < -0.4 is 11.2 Å². The minimum Gasteiger partial charge on any atom is -0.388 e. The largest absolute Gasteiger partial charge is 0.388 e. The molecule has 2 rings (SSSR count). The van der Waals surface area contributed by atoms with E-state index >= 15 is 0 Å². The van der Waals surface area contributed by atoms with Crippen LogP contribution >= 0.6 is 0 Å². The van der Waals surface area contributed by atoms with Crippen LogP contribution in [0.1, 0.15) is 19.6 Å². The van der Waals surface area contributed by atoms with Gasteiger partial charge in [0.1, 0.15) is 6.10 Å². The number of H-pyrrole nitrogens is 1. The van der Waals surface area contributed by atoms with Gasteiger partial charge in [0.25, 0.3) is 5.56 Å². The molecule has 1 aromatic rings. The number of nitrogens with zero attached hydrogens (tertiary/aromatic N) is 1. The molecule has 2 N–H and O–H groups in total. The van der Waals surface area contributed by atoms with E-state index in [4.69, 9.17) is 4.74 Å². The highest BCUT2D eigenvalue weighted by atomic mass is 16.5. The average Bonchev–Trinajstić information content (AvgIpc) is 2.60. The molecule has 0 amide bonds. The molecule has 1 aliphatic rings. The Morgan fingerprint density at radius 2 is 2.38 bits per heavy atom. The Bertz CT molecular complexity index is 478. The van der Waals surface area contributed by atoms with E-state index < -0.39 is 23.6 Å². The summed E-state index contributed by atoms with van der Waals surface area (Å²) in [7, 11) is 0. The second-order valence-electron chi connectivity index (χ2n) is 3.90. The van der Waals surface area contributed by atoms with Crippen molar-refractivity contribution in [1.29, 1.82) is 0 Å². The fraction of sp³-hybridized carbons (Fsp3) is 0.600. The quantitative estimate of drug-likeness (QED) is 0.708. The standard InChI is InChI=1S/C10H14N2O4/c1-2-6-5-16-9(8(6)14)12-4-3-7(13)11-10(12)15/h3-4,6,8-9,14H,2,5H2,1H3,(H,11,13,15)/t6-,8+,9+/m0/s1. The number of ether oxygens (including phenoxy) is 1. The Morgan fingerprint density at radius 3 is 2.94 bits per heavy atom. The second kappa shape index (κ2) is 4.23. The monoisotopic (exact) mass is 226 g/mol. The van der Waals surface area contributed by atoms with Gasteiger partial charge in [0, 0.05) is 18.2 Å². The molecule has 0 spiro atoms. The number of aliphatic hydroxyl groups excluding tert-OH is 1. The van der Waals surface area contributed by atoms with Gasteiger partial charge >= 0.3 is 5.69 Å². The van der Waals surface area contributed by atoms with Gasteiger partial charge < -0.3 is 9.84 Å². The molecule has 88 valence electrons. The molecular weight excluding hydrogens is 212 g/mol. The Balaban J connectivity index is 2.32. The van der Waals surface area contributed by atoms with Crippen LogP contribution in [-0.2, 0) is 4.74 Å². The molecule has 1 aromatic heterocycles. The minimum atomic E-state index is -0.714. The first kappa shape index (κ1) is 11.1. The Morgan fingerprint density at radius 1 is 1.62 bits per heavy atom. The highest BCUT2D eigenvalue weighted by molar-refractivity contribution is 4.89. The van der Waals surface area contributed by atoms with Crippen molar-refractivity contribution >= 4 is 0 Å². The number of hydrogen-bond acceptors (Lipinski definition) is 4. The fourth-order valence-corrected chi connectivity index (χ4v) is 1.88. The van der Waals surface area contributed by atoms with Gasteiger partial charge in [-0.25, -0.2) is 4.79 Å². The third kappa shape index (κ3) is 1.81. The average molecular weight is 226 g/mol. The number of aromatic nitrogens is 2. The molecule has 2 heterocycles. The van der Waals surface area contributed by atoms with E-state index in [9.17, 15) is 14.7 Å². The molecule has 16 heavy (non-hydrogen) atoms. The molecule has 6 heteroatoms. The smallest absolute Gasteiger partial charge is 0.330 e. The number of hydrogen-bond donors (Lipinski definition) is 2. The van der Waals surface area contributed by atoms with E-state index in [1.807, 2.05) is 6.92 Å². The molecule has 0 radical (unpaired) electrons. The maximum Gasteiger partial charge on any atom is 0.330 e. The summed E-state index contributed by atoms with van der Waals surface area (Å²) in [4.78, 5) is 24.5. The first-order chi connectivity index (χ1) is 7.63. The molecule has 0 bridgehead atoms. The number of aromatic amines is 1. The zero-order valence-corrected chi connectivity index (χ0v) is 8.92. The van der Waals surface area contributed by atoms with Crippen molar-refractivity contribution in [2.24, 2.45) is 5.92 Å². The van der Waals surface area contributed by atoms with E-state index in [-0.39, 0.29) is 5.92 Å². The summed E-state index contributed by atoms with van der Waals surface area (Å²) in [6.45, 7) is 2.38. The van der Waals surface area contributed by atoms with Crippen molar-refractivity contribution in [3.8, 4) is 0 Å². The highest BCUT2D eigenvalue weighted by Gasteiger charge is 2.36. The zero-order chi connectivity index (χ0) is 11.7. The molecular formula is C10H14N2O4. The van der Waals surface area contributed by atoms with Gasteiger partial charge in [-0.15, -0.1) is 0 Å². The van der Waals surface area contributed by atoms with E-state index in [2.05, 4.69) is 4.98 Å². The molecule has 1 aliphatic heterocycles. The van der Waals surface area contributed by atoms with Gasteiger partial charge in [-0.3, -0.25) is 14.3 Å². The Kier molecular flexibility index (Phi) is 2.93. The predicted octanol–water partition coefficient (Wildman–Crippen LogP) is -0.548. The van der Waals surface area contributed by atoms with Gasteiger partial charge in [0.15, 0.2) is 6.23 Å². The molecule has 1 fully saturated rings. The SMILES string of the molecule is CC[C@H]1CO[C@@H](n2ccc(=O)[nH]c2=O)[C@@H]1O. The van der Waals surface area contributed by atoms with Gasteiger partial charge in [-0.05, 0) is 6.42 Å². The van der Waals surface area contributed by atoms with E-state index in [1.165, 1.54) is 16.8 Å². The summed E-state index contributed by atoms with van der Waals surface area (Å²) >= 11 is 0. The van der Waals surface area contributed by atoms with Crippen molar-refractivity contribution in [1.82, 2.24) is 9.55 Å². The Hall–Kier alpha value is -1.40. The minimum absolute atomic E-state index is 0.0313. The van der Waals surface area contributed by atoms with Crippen LogP contribution in [0.5, 0.6) is 0 Å². The third-order valence-corrected chi connectivity index (χ3v) is 2.91. The van der Waals surface area contributed by atoms with Crippen molar-refractivity contribution in [3.63, 3.8) is 0 Å². The molecule has 3 atom stereocenters. The molecule has 0 aliphatic carbocycles. The zero-order valence-electron chi connectivity index (χ0n) is 8.92. The van der Waals surface area contributed by atoms with Crippen molar-refractivity contribution in [2.75, 3.05) is 6.61 Å². The summed E-state index contributed by atoms with van der Waals surface area (Å²) in [5.74, 6) is 0.0313. The number of aliphatic hydroxyl groups is 1. The van der Waals surface area contributed by atoms with Crippen molar-refractivity contribution < 1.29 is 9.84 Å². The summed E-state index contributed by atoms with van der Waals surface area (Å²) in [6.07, 6.45) is 0.714. The van der Waals surface area contributed by atoms with Crippen LogP contribution in [-0.4, -0.2) is 27.4 Å². The van der Waals surface area contributed by atoms with Gasteiger partial charge in [-0.1, -0.05) is 6.92 Å². The molecule has 1 saturated heterocycles. The van der Waals surface area contributed by atoms with E-state index in [1.54, 1.807) is 0 Å². The molecule has 0 unspecified atom stereocenters. The maximum absolute atomic E-state index is 11.5. The molecule has 0 saturated carbocycles. The molecule has 6 nitrogen and oxygen atoms in total. The summed E-state index contributed by atoms with van der Waals surface area (Å²) < 4.78 is 6.58. The summed E-state index contributed by atoms with van der Waals surface area (Å²) in [5.41, 5.74) is -1.02. The lowest BCUT2D eigenvalue weighted by Gasteiger charge is -2.18. The van der Waals surface area contributed by atoms with Crippen LogP contribution in [0.25, 0.3) is 0 Å². The van der Waals surface area contributed by atoms with Crippen LogP contribution in [0.2, 0.25) is 0 Å². The lowest BCUT2D eigenvalue weighted by Crippen LogP contribution is -2.36. The van der Waals surface area contributed by atoms with E-state index in [0.29, 0.717) is 6.61 Å². The fourth-order valence-electron chi connectivity index (χ4n) is 1.88. The van der Waals surface area contributed by atoms with Gasteiger partial charge in [0.2, 0.25) is 0 Å². The lowest BCUT2D eigenvalue weighted by molar-refractivity contribution is -0.0146. The lowest BCUT2D eigenvalue weighted by atomic mass is 10.0. The summed E-state index contributed by atoms with van der Waals surface area (Å²) in [6, 6.07) is 1.23. The normalized spacial score (nSPS) is 29.5. The second-order valence-corrected chi connectivity index (χ2v) is 3.90. The van der Waals surface area contributed by atoms with Crippen LogP contribution in [0.3, 0.4) is 0 Å². The van der Waals surface area contributed by atoms with Gasteiger partial charge in [0.05, 0.1) is 6.61 Å². The Labute approximate surface area is 91.5 Å². The third-order valence-electron chi connectivity index (χ3n) is 2.91. The van der Waals surface area contributed by atoms with Crippen molar-refractivity contribution in [2.45, 2.75) is 25.7 Å². The topological polar surface area (TPSA) is 84.3 Å². The summed E-state index contributed by atoms with van der Waals surface area (Å²) in [5, 5.41) is 9.92. The van der Waals surface area contributed by atoms with Crippen LogP contribution in [0.15, 0.2) is 21.9 Å². The number of rotatable bonds is 2. The first-order valence-corrected chi connectivity index (χ1v) is 5.24. The van der Waals surface area contributed by atoms with Crippen molar-refractivity contribution in [3.05, 3.63) is 33.1 Å². The molecule has 0 aromatic carbocycles. The highest BCUT2D eigenvalue weighted by Crippen LogP contribution is 2.29. The maximum atomic E-state index is 11.5. The van der Waals surface area contributed by atoms with Gasteiger partial charge in [-0.2, -0.15) is 0 Å².